The minimum atomic E-state index is -1.29. The van der Waals surface area contributed by atoms with Gasteiger partial charge in [0.2, 0.25) is 0 Å². The second-order valence-corrected chi connectivity index (χ2v) is 4.66. The Hall–Kier alpha value is -1.70. The maximum atomic E-state index is 13.1. The lowest BCUT2D eigenvalue weighted by Crippen LogP contribution is -2.32. The van der Waals surface area contributed by atoms with Crippen LogP contribution >= 0.6 is 11.6 Å². The second kappa shape index (κ2) is 9.28. The fourth-order valence-electron chi connectivity index (χ4n) is 1.30. The molecule has 118 valence electrons. The number of hydrogen-bond acceptors (Lipinski definition) is 4. The third-order valence-corrected chi connectivity index (χ3v) is 2.75. The van der Waals surface area contributed by atoms with Gasteiger partial charge in [-0.1, -0.05) is 24.6 Å². The summed E-state index contributed by atoms with van der Waals surface area (Å²) in [5.41, 5.74) is 11.0. The summed E-state index contributed by atoms with van der Waals surface area (Å²) in [6.07, 6.45) is 0.188. The van der Waals surface area contributed by atoms with E-state index in [1.54, 1.807) is 12.1 Å². The molecule has 0 radical (unpaired) electrons. The van der Waals surface area contributed by atoms with Crippen molar-refractivity contribution in [3.05, 3.63) is 34.6 Å². The normalized spacial score (nSPS) is 12.8. The lowest BCUT2D eigenvalue weighted by molar-refractivity contribution is -0.144. The first kappa shape index (κ1) is 19.3. The summed E-state index contributed by atoms with van der Waals surface area (Å²) in [6.45, 7) is 1.92. The average Bonchev–Trinajstić information content (AvgIpc) is 2.37. The highest BCUT2D eigenvalue weighted by Gasteiger charge is 2.14. The zero-order valence-corrected chi connectivity index (χ0v) is 12.2. The van der Waals surface area contributed by atoms with Gasteiger partial charge in [0.25, 0.3) is 0 Å². The van der Waals surface area contributed by atoms with Gasteiger partial charge in [0.15, 0.2) is 0 Å². The SMILES string of the molecule is CC[C@@H](N)c1ccc(Cl)cc1F.N[C@@H](CC(=O)O)C(=O)O. The van der Waals surface area contributed by atoms with Gasteiger partial charge in [-0.15, -0.1) is 0 Å². The molecule has 1 aromatic rings. The van der Waals surface area contributed by atoms with Crippen LogP contribution in [0.5, 0.6) is 0 Å². The molecular formula is C13H18ClFN2O4. The van der Waals surface area contributed by atoms with Crippen LogP contribution in [0.1, 0.15) is 31.4 Å². The molecule has 1 rings (SSSR count). The molecule has 6 N–H and O–H groups in total. The van der Waals surface area contributed by atoms with Crippen molar-refractivity contribution in [1.29, 1.82) is 0 Å². The Labute approximate surface area is 126 Å². The summed E-state index contributed by atoms with van der Waals surface area (Å²) in [6, 6.07) is 3.04. The highest BCUT2D eigenvalue weighted by atomic mass is 35.5. The van der Waals surface area contributed by atoms with Crippen LogP contribution in [0, 0.1) is 5.82 Å². The van der Waals surface area contributed by atoms with E-state index in [9.17, 15) is 14.0 Å². The number of carboxylic acids is 2. The minimum Gasteiger partial charge on any atom is -0.481 e. The van der Waals surface area contributed by atoms with Gasteiger partial charge in [-0.3, -0.25) is 9.59 Å². The number of halogens is 2. The van der Waals surface area contributed by atoms with Crippen LogP contribution in [-0.2, 0) is 9.59 Å². The molecule has 0 fully saturated rings. The van der Waals surface area contributed by atoms with Gasteiger partial charge in [0.05, 0.1) is 6.42 Å². The molecule has 0 unspecified atom stereocenters. The summed E-state index contributed by atoms with van der Waals surface area (Å²) in [5, 5.41) is 16.4. The van der Waals surface area contributed by atoms with Crippen molar-refractivity contribution in [1.82, 2.24) is 0 Å². The van der Waals surface area contributed by atoms with E-state index in [-0.39, 0.29) is 11.9 Å². The molecule has 6 nitrogen and oxygen atoms in total. The number of nitrogens with two attached hydrogens (primary N) is 2. The molecule has 21 heavy (non-hydrogen) atoms. The topological polar surface area (TPSA) is 127 Å². The van der Waals surface area contributed by atoms with E-state index in [2.05, 4.69) is 0 Å². The Balaban J connectivity index is 0.000000400. The van der Waals surface area contributed by atoms with E-state index >= 15 is 0 Å². The quantitative estimate of drug-likeness (QED) is 0.654. The molecular weight excluding hydrogens is 303 g/mol. The number of rotatable bonds is 5. The molecule has 2 atom stereocenters. The van der Waals surface area contributed by atoms with Crippen molar-refractivity contribution < 1.29 is 24.2 Å². The van der Waals surface area contributed by atoms with Crippen molar-refractivity contribution in [2.45, 2.75) is 31.8 Å². The number of aliphatic carboxylic acids is 2. The van der Waals surface area contributed by atoms with Crippen LogP contribution < -0.4 is 11.5 Å². The Bertz CT molecular complexity index is 499. The Kier molecular flexibility index (Phi) is 8.52. The maximum Gasteiger partial charge on any atom is 0.321 e. The second-order valence-electron chi connectivity index (χ2n) is 4.22. The summed E-state index contributed by atoms with van der Waals surface area (Å²) in [4.78, 5) is 19.6. The third kappa shape index (κ3) is 7.60. The van der Waals surface area contributed by atoms with E-state index < -0.39 is 24.4 Å². The monoisotopic (exact) mass is 320 g/mol. The predicted octanol–water partition coefficient (Wildman–Crippen LogP) is 1.76. The highest BCUT2D eigenvalue weighted by Crippen LogP contribution is 2.20. The van der Waals surface area contributed by atoms with Crippen LogP contribution in [-0.4, -0.2) is 28.2 Å². The number of carbonyl (C=O) groups is 2. The van der Waals surface area contributed by atoms with E-state index in [1.807, 2.05) is 6.92 Å². The van der Waals surface area contributed by atoms with Crippen molar-refractivity contribution in [2.24, 2.45) is 11.5 Å². The number of hydrogen-bond donors (Lipinski definition) is 4. The lowest BCUT2D eigenvalue weighted by Gasteiger charge is -2.09. The van der Waals surface area contributed by atoms with Gasteiger partial charge < -0.3 is 21.7 Å². The third-order valence-electron chi connectivity index (χ3n) is 2.51. The summed E-state index contributed by atoms with van der Waals surface area (Å²) in [5.74, 6) is -2.82. The van der Waals surface area contributed by atoms with Gasteiger partial charge in [-0.25, -0.2) is 4.39 Å². The molecule has 0 aromatic heterocycles. The predicted molar refractivity (Wildman–Crippen MR) is 76.5 cm³/mol. The first-order chi connectivity index (χ1) is 9.68. The highest BCUT2D eigenvalue weighted by molar-refractivity contribution is 6.30. The minimum absolute atomic E-state index is 0.234. The fourth-order valence-corrected chi connectivity index (χ4v) is 1.46. The molecule has 0 spiro atoms. The molecule has 0 aliphatic heterocycles. The molecule has 1 aromatic carbocycles. The van der Waals surface area contributed by atoms with Crippen LogP contribution in [0.2, 0.25) is 5.02 Å². The van der Waals surface area contributed by atoms with Gasteiger partial charge in [-0.2, -0.15) is 0 Å². The average molecular weight is 321 g/mol. The summed E-state index contributed by atoms with van der Waals surface area (Å²) >= 11 is 5.58. The zero-order valence-electron chi connectivity index (χ0n) is 11.4. The van der Waals surface area contributed by atoms with Gasteiger partial charge in [0.1, 0.15) is 11.9 Å². The largest absolute Gasteiger partial charge is 0.481 e. The van der Waals surface area contributed by atoms with Crippen LogP contribution in [0.25, 0.3) is 0 Å². The standard InChI is InChI=1S/C9H11ClFN.C4H7NO4/c1-2-9(12)7-4-3-6(10)5-8(7)11;5-2(4(8)9)1-3(6)7/h3-5,9H,2,12H2,1H3;2H,1,5H2,(H,6,7)(H,8,9)/t9-;2-/m10/s1. The van der Waals surface area contributed by atoms with Crippen molar-refractivity contribution in [3.63, 3.8) is 0 Å². The number of benzene rings is 1. The number of carboxylic acid groups (broad SMARTS) is 2. The molecule has 0 saturated heterocycles. The van der Waals surface area contributed by atoms with Gasteiger partial charge >= 0.3 is 11.9 Å². The van der Waals surface area contributed by atoms with Crippen molar-refractivity contribution in [2.75, 3.05) is 0 Å². The van der Waals surface area contributed by atoms with Crippen molar-refractivity contribution >= 4 is 23.5 Å². The Morgan fingerprint density at radius 3 is 2.24 bits per heavy atom. The summed E-state index contributed by atoms with van der Waals surface area (Å²) in [7, 11) is 0. The Morgan fingerprint density at radius 1 is 1.33 bits per heavy atom. The molecule has 0 saturated carbocycles. The zero-order chi connectivity index (χ0) is 16.6. The van der Waals surface area contributed by atoms with Gasteiger partial charge in [-0.05, 0) is 18.6 Å². The lowest BCUT2D eigenvalue weighted by atomic mass is 10.1. The van der Waals surface area contributed by atoms with Crippen LogP contribution in [0.15, 0.2) is 18.2 Å². The molecule has 0 bridgehead atoms. The smallest absolute Gasteiger partial charge is 0.321 e. The maximum absolute atomic E-state index is 13.1. The van der Waals surface area contributed by atoms with Crippen LogP contribution in [0.4, 0.5) is 4.39 Å². The van der Waals surface area contributed by atoms with E-state index in [1.165, 1.54) is 6.07 Å². The molecule has 8 heteroatoms. The molecule has 0 amide bonds. The molecule has 0 aliphatic carbocycles. The Morgan fingerprint density at radius 2 is 1.90 bits per heavy atom. The van der Waals surface area contributed by atoms with Crippen molar-refractivity contribution in [3.8, 4) is 0 Å². The first-order valence-electron chi connectivity index (χ1n) is 6.09. The van der Waals surface area contributed by atoms with E-state index in [0.717, 1.165) is 6.42 Å². The van der Waals surface area contributed by atoms with E-state index in [0.29, 0.717) is 10.6 Å². The molecule has 0 aliphatic rings. The first-order valence-corrected chi connectivity index (χ1v) is 6.47. The van der Waals surface area contributed by atoms with Crippen LogP contribution in [0.3, 0.4) is 0 Å². The molecule has 0 heterocycles. The fraction of sp³-hybridized carbons (Fsp3) is 0.385. The van der Waals surface area contributed by atoms with E-state index in [4.69, 9.17) is 33.3 Å². The van der Waals surface area contributed by atoms with Gasteiger partial charge in [0, 0.05) is 16.6 Å². The summed E-state index contributed by atoms with van der Waals surface area (Å²) < 4.78 is 13.1.